The van der Waals surface area contributed by atoms with Crippen molar-refractivity contribution < 1.29 is 9.18 Å². The van der Waals surface area contributed by atoms with Gasteiger partial charge in [0.05, 0.1) is 16.3 Å². The Hall–Kier alpha value is -1.39. The molecular formula is C14H10BrClFNO. The minimum absolute atomic E-state index is 0.0845. The van der Waals surface area contributed by atoms with Crippen molar-refractivity contribution >= 4 is 39.1 Å². The first-order valence-corrected chi connectivity index (χ1v) is 6.67. The second kappa shape index (κ2) is 5.72. The van der Waals surface area contributed by atoms with E-state index in [1.165, 1.54) is 12.1 Å². The molecule has 0 bridgehead atoms. The first-order valence-electron chi connectivity index (χ1n) is 5.50. The molecule has 0 atom stereocenters. The van der Waals surface area contributed by atoms with Crippen LogP contribution in [0.1, 0.15) is 15.9 Å². The van der Waals surface area contributed by atoms with E-state index in [-0.39, 0.29) is 16.5 Å². The van der Waals surface area contributed by atoms with Crippen molar-refractivity contribution in [2.75, 3.05) is 5.32 Å². The van der Waals surface area contributed by atoms with E-state index in [0.717, 1.165) is 16.1 Å². The minimum atomic E-state index is -0.474. The van der Waals surface area contributed by atoms with E-state index >= 15 is 0 Å². The maximum absolute atomic E-state index is 12.9. The summed E-state index contributed by atoms with van der Waals surface area (Å²) < 4.78 is 13.7. The fourth-order valence-corrected chi connectivity index (χ4v) is 2.20. The third-order valence-electron chi connectivity index (χ3n) is 2.55. The molecule has 1 amide bonds. The smallest absolute Gasteiger partial charge is 0.257 e. The summed E-state index contributed by atoms with van der Waals surface area (Å²) in [6.45, 7) is 1.92. The number of hydrogen-bond acceptors (Lipinski definition) is 1. The van der Waals surface area contributed by atoms with Gasteiger partial charge in [0, 0.05) is 4.47 Å². The minimum Gasteiger partial charge on any atom is -0.321 e. The molecule has 0 aliphatic carbocycles. The molecule has 0 aliphatic rings. The van der Waals surface area contributed by atoms with Gasteiger partial charge in [0.1, 0.15) is 5.82 Å². The molecule has 2 aromatic carbocycles. The maximum atomic E-state index is 12.9. The molecule has 0 heterocycles. The summed E-state index contributed by atoms with van der Waals surface area (Å²) in [5.41, 5.74) is 1.89. The molecule has 2 rings (SSSR count). The Morgan fingerprint density at radius 2 is 2.00 bits per heavy atom. The average Bonchev–Trinajstić information content (AvgIpc) is 2.33. The molecule has 0 aliphatic heterocycles. The standard InChI is InChI=1S/C14H10BrClFNO/c1-8-2-5-11(15)13(6-8)18-14(19)10-4-3-9(17)7-12(10)16/h2-7H,1H3,(H,18,19). The van der Waals surface area contributed by atoms with Gasteiger partial charge in [-0.05, 0) is 58.7 Å². The summed E-state index contributed by atoms with van der Waals surface area (Å²) in [6, 6.07) is 9.27. The van der Waals surface area contributed by atoms with Crippen molar-refractivity contribution in [3.05, 3.63) is 62.8 Å². The molecule has 1 N–H and O–H groups in total. The van der Waals surface area contributed by atoms with Crippen LogP contribution in [0.3, 0.4) is 0 Å². The number of anilines is 1. The number of aryl methyl sites for hydroxylation is 1. The van der Waals surface area contributed by atoms with Gasteiger partial charge in [-0.1, -0.05) is 17.7 Å². The van der Waals surface area contributed by atoms with Crippen molar-refractivity contribution in [2.24, 2.45) is 0 Å². The van der Waals surface area contributed by atoms with Crippen LogP contribution >= 0.6 is 27.5 Å². The lowest BCUT2D eigenvalue weighted by molar-refractivity contribution is 0.102. The fourth-order valence-electron chi connectivity index (χ4n) is 1.60. The van der Waals surface area contributed by atoms with Crippen molar-refractivity contribution in [3.8, 4) is 0 Å². The normalized spacial score (nSPS) is 10.3. The van der Waals surface area contributed by atoms with Crippen LogP contribution in [0.2, 0.25) is 5.02 Å². The third kappa shape index (κ3) is 3.33. The van der Waals surface area contributed by atoms with E-state index in [1.54, 1.807) is 0 Å². The molecule has 98 valence electrons. The molecule has 0 spiro atoms. The molecule has 0 aromatic heterocycles. The first-order chi connectivity index (χ1) is 8.97. The van der Waals surface area contributed by atoms with E-state index in [0.29, 0.717) is 5.69 Å². The van der Waals surface area contributed by atoms with Gasteiger partial charge in [0.25, 0.3) is 5.91 Å². The van der Waals surface area contributed by atoms with Gasteiger partial charge in [-0.3, -0.25) is 4.79 Å². The number of carbonyl (C=O) groups excluding carboxylic acids is 1. The van der Waals surface area contributed by atoms with E-state index in [9.17, 15) is 9.18 Å². The van der Waals surface area contributed by atoms with Gasteiger partial charge in [-0.25, -0.2) is 4.39 Å². The summed E-state index contributed by atoms with van der Waals surface area (Å²) in [5.74, 6) is -0.852. The van der Waals surface area contributed by atoms with E-state index < -0.39 is 5.82 Å². The second-order valence-electron chi connectivity index (χ2n) is 4.06. The average molecular weight is 343 g/mol. The van der Waals surface area contributed by atoms with Crippen LogP contribution in [0, 0.1) is 12.7 Å². The highest BCUT2D eigenvalue weighted by Crippen LogP contribution is 2.25. The zero-order chi connectivity index (χ0) is 14.0. The highest BCUT2D eigenvalue weighted by Gasteiger charge is 2.12. The summed E-state index contributed by atoms with van der Waals surface area (Å²) >= 11 is 9.20. The number of nitrogens with one attached hydrogen (secondary N) is 1. The fraction of sp³-hybridized carbons (Fsp3) is 0.0714. The highest BCUT2D eigenvalue weighted by molar-refractivity contribution is 9.10. The number of benzene rings is 2. The summed E-state index contributed by atoms with van der Waals surface area (Å²) in [6.07, 6.45) is 0. The lowest BCUT2D eigenvalue weighted by Gasteiger charge is -2.09. The molecular weight excluding hydrogens is 333 g/mol. The Balaban J connectivity index is 2.28. The molecule has 5 heteroatoms. The molecule has 0 saturated carbocycles. The Labute approximate surface area is 123 Å². The van der Waals surface area contributed by atoms with Crippen molar-refractivity contribution in [1.82, 2.24) is 0 Å². The zero-order valence-electron chi connectivity index (χ0n) is 10.0. The number of carbonyl (C=O) groups is 1. The van der Waals surface area contributed by atoms with Crippen LogP contribution in [-0.2, 0) is 0 Å². The summed E-state index contributed by atoms with van der Waals surface area (Å²) in [5, 5.41) is 2.82. The van der Waals surface area contributed by atoms with E-state index in [2.05, 4.69) is 21.2 Å². The van der Waals surface area contributed by atoms with E-state index in [4.69, 9.17) is 11.6 Å². The van der Waals surface area contributed by atoms with Gasteiger partial charge in [-0.15, -0.1) is 0 Å². The van der Waals surface area contributed by atoms with Crippen LogP contribution in [-0.4, -0.2) is 5.91 Å². The Morgan fingerprint density at radius 1 is 1.26 bits per heavy atom. The SMILES string of the molecule is Cc1ccc(Br)c(NC(=O)c2ccc(F)cc2Cl)c1. The van der Waals surface area contributed by atoms with Crippen LogP contribution in [0.15, 0.2) is 40.9 Å². The van der Waals surface area contributed by atoms with Crippen LogP contribution < -0.4 is 5.32 Å². The molecule has 0 fully saturated rings. The van der Waals surface area contributed by atoms with Gasteiger partial charge in [-0.2, -0.15) is 0 Å². The van der Waals surface area contributed by atoms with Gasteiger partial charge >= 0.3 is 0 Å². The Kier molecular flexibility index (Phi) is 4.22. The predicted molar refractivity (Wildman–Crippen MR) is 78.2 cm³/mol. The Bertz CT molecular complexity index is 645. The van der Waals surface area contributed by atoms with Crippen LogP contribution in [0.25, 0.3) is 0 Å². The zero-order valence-corrected chi connectivity index (χ0v) is 12.3. The largest absolute Gasteiger partial charge is 0.321 e. The maximum Gasteiger partial charge on any atom is 0.257 e. The highest BCUT2D eigenvalue weighted by atomic mass is 79.9. The lowest BCUT2D eigenvalue weighted by atomic mass is 10.2. The quantitative estimate of drug-likeness (QED) is 0.834. The molecule has 2 aromatic rings. The van der Waals surface area contributed by atoms with Crippen LogP contribution in [0.5, 0.6) is 0 Å². The van der Waals surface area contributed by atoms with Crippen molar-refractivity contribution in [1.29, 1.82) is 0 Å². The van der Waals surface area contributed by atoms with Gasteiger partial charge in [0.15, 0.2) is 0 Å². The molecule has 2 nitrogen and oxygen atoms in total. The van der Waals surface area contributed by atoms with Crippen molar-refractivity contribution in [2.45, 2.75) is 6.92 Å². The van der Waals surface area contributed by atoms with Gasteiger partial charge in [0.2, 0.25) is 0 Å². The Morgan fingerprint density at radius 3 is 2.68 bits per heavy atom. The topological polar surface area (TPSA) is 29.1 Å². The summed E-state index contributed by atoms with van der Waals surface area (Å²) in [7, 11) is 0. The van der Waals surface area contributed by atoms with Crippen molar-refractivity contribution in [3.63, 3.8) is 0 Å². The number of halogens is 3. The van der Waals surface area contributed by atoms with E-state index in [1.807, 2.05) is 25.1 Å². The number of hydrogen-bond donors (Lipinski definition) is 1. The summed E-state index contributed by atoms with van der Waals surface area (Å²) in [4.78, 5) is 12.1. The number of rotatable bonds is 2. The molecule has 0 unspecified atom stereocenters. The molecule has 0 radical (unpaired) electrons. The first kappa shape index (κ1) is 14.0. The molecule has 19 heavy (non-hydrogen) atoms. The monoisotopic (exact) mass is 341 g/mol. The lowest BCUT2D eigenvalue weighted by Crippen LogP contribution is -2.13. The van der Waals surface area contributed by atoms with Gasteiger partial charge < -0.3 is 5.32 Å². The second-order valence-corrected chi connectivity index (χ2v) is 5.32. The molecule has 0 saturated heterocycles. The third-order valence-corrected chi connectivity index (χ3v) is 3.55. The predicted octanol–water partition coefficient (Wildman–Crippen LogP) is 4.80. The number of amides is 1. The van der Waals surface area contributed by atoms with Crippen LogP contribution in [0.4, 0.5) is 10.1 Å².